The monoisotopic (exact) mass is 424 g/mol. The van der Waals surface area contributed by atoms with Crippen LogP contribution in [0, 0.1) is 11.3 Å². The van der Waals surface area contributed by atoms with Crippen LogP contribution >= 0.6 is 23.1 Å². The third-order valence-electron chi connectivity index (χ3n) is 4.42. The number of dihydropyridines is 1. The Morgan fingerprint density at radius 2 is 2.00 bits per heavy atom. The molecule has 1 atom stereocenters. The number of nitrogens with one attached hydrogen (secondary N) is 1. The molecule has 0 bridgehead atoms. The predicted octanol–water partition coefficient (Wildman–Crippen LogP) is 4.62. The molecule has 1 aromatic carbocycles. The molecule has 1 aliphatic rings. The first-order valence-electron chi connectivity index (χ1n) is 9.10. The van der Waals surface area contributed by atoms with Gasteiger partial charge >= 0.3 is 5.97 Å². The van der Waals surface area contributed by atoms with Crippen molar-refractivity contribution in [2.75, 3.05) is 12.4 Å². The van der Waals surface area contributed by atoms with E-state index in [2.05, 4.69) is 11.4 Å². The number of benzene rings is 1. The molecule has 7 heteroatoms. The van der Waals surface area contributed by atoms with Crippen molar-refractivity contribution in [3.63, 3.8) is 0 Å². The second-order valence-corrected chi connectivity index (χ2v) is 8.20. The van der Waals surface area contributed by atoms with E-state index in [0.717, 1.165) is 5.56 Å². The number of Topliss-reactive ketones (excluding diaryl/α,β-unsaturated/α-hetero) is 1. The van der Waals surface area contributed by atoms with Gasteiger partial charge in [0.1, 0.15) is 0 Å². The molecule has 0 fully saturated rings. The third-order valence-corrected chi connectivity index (χ3v) is 6.35. The zero-order chi connectivity index (χ0) is 20.8. The Balaban J connectivity index is 1.97. The maximum absolute atomic E-state index is 12.7. The van der Waals surface area contributed by atoms with Gasteiger partial charge in [-0.25, -0.2) is 4.79 Å². The molecule has 3 rings (SSSR count). The van der Waals surface area contributed by atoms with Crippen LogP contribution < -0.4 is 5.32 Å². The Morgan fingerprint density at radius 3 is 2.62 bits per heavy atom. The molecule has 29 heavy (non-hydrogen) atoms. The van der Waals surface area contributed by atoms with Crippen molar-refractivity contribution in [2.24, 2.45) is 0 Å². The maximum Gasteiger partial charge on any atom is 0.336 e. The molecule has 0 aliphatic carbocycles. The first-order valence-corrected chi connectivity index (χ1v) is 11.0. The van der Waals surface area contributed by atoms with Crippen molar-refractivity contribution in [1.29, 1.82) is 5.26 Å². The van der Waals surface area contributed by atoms with E-state index in [1.54, 1.807) is 19.9 Å². The van der Waals surface area contributed by atoms with Gasteiger partial charge in [0, 0.05) is 5.70 Å². The molecule has 1 aliphatic heterocycles. The number of carbonyl (C=O) groups is 2. The average Bonchev–Trinajstić information content (AvgIpc) is 3.27. The molecular weight excluding hydrogens is 404 g/mol. The van der Waals surface area contributed by atoms with E-state index < -0.39 is 11.9 Å². The highest BCUT2D eigenvalue weighted by Gasteiger charge is 2.35. The fourth-order valence-corrected chi connectivity index (χ4v) is 4.86. The number of hydrogen-bond acceptors (Lipinski definition) is 7. The van der Waals surface area contributed by atoms with E-state index >= 15 is 0 Å². The Morgan fingerprint density at radius 1 is 1.24 bits per heavy atom. The summed E-state index contributed by atoms with van der Waals surface area (Å²) in [6, 6.07) is 15.3. The number of hydrogen-bond donors (Lipinski definition) is 1. The number of carbonyl (C=O) groups excluding carboxylic acids is 2. The van der Waals surface area contributed by atoms with Crippen LogP contribution in [0.3, 0.4) is 0 Å². The highest BCUT2D eigenvalue weighted by atomic mass is 32.2. The minimum Gasteiger partial charge on any atom is -0.463 e. The molecule has 2 aromatic rings. The number of allylic oxidation sites excluding steroid dienone is 2. The Kier molecular flexibility index (Phi) is 6.91. The summed E-state index contributed by atoms with van der Waals surface area (Å²) in [7, 11) is 0. The first-order chi connectivity index (χ1) is 14.1. The number of nitrogens with zero attached hydrogens (tertiary/aromatic N) is 1. The molecule has 0 spiro atoms. The lowest BCUT2D eigenvalue weighted by molar-refractivity contribution is -0.138. The van der Waals surface area contributed by atoms with E-state index in [-0.39, 0.29) is 18.1 Å². The predicted molar refractivity (Wildman–Crippen MR) is 115 cm³/mol. The largest absolute Gasteiger partial charge is 0.463 e. The zero-order valence-corrected chi connectivity index (χ0v) is 17.7. The number of ketones is 1. The van der Waals surface area contributed by atoms with Crippen LogP contribution in [-0.4, -0.2) is 24.1 Å². The maximum atomic E-state index is 12.7. The molecule has 0 saturated carbocycles. The molecule has 0 saturated heterocycles. The van der Waals surface area contributed by atoms with Crippen molar-refractivity contribution >= 4 is 34.9 Å². The Hall–Kier alpha value is -2.82. The van der Waals surface area contributed by atoms with Gasteiger partial charge in [-0.3, -0.25) is 4.79 Å². The summed E-state index contributed by atoms with van der Waals surface area (Å²) in [5.41, 5.74) is 2.29. The SMILES string of the molecule is CCOC(=O)C1=C(C)NC(SCC(=O)c2cccs2)=C(C#N)[C@@H]1c1ccccc1. The van der Waals surface area contributed by atoms with Gasteiger partial charge in [0.05, 0.1) is 45.4 Å². The van der Waals surface area contributed by atoms with Gasteiger partial charge in [0.15, 0.2) is 5.78 Å². The lowest BCUT2D eigenvalue weighted by Gasteiger charge is -2.29. The minimum atomic E-state index is -0.541. The second-order valence-electron chi connectivity index (χ2n) is 6.27. The van der Waals surface area contributed by atoms with Crippen LogP contribution in [0.2, 0.25) is 0 Å². The molecular formula is C22H20N2O3S2. The smallest absolute Gasteiger partial charge is 0.336 e. The summed E-state index contributed by atoms with van der Waals surface area (Å²) in [4.78, 5) is 25.8. The highest BCUT2D eigenvalue weighted by molar-refractivity contribution is 8.03. The lowest BCUT2D eigenvalue weighted by atomic mass is 9.82. The highest BCUT2D eigenvalue weighted by Crippen LogP contribution is 2.41. The number of nitriles is 1. The Bertz CT molecular complexity index is 1000. The first kappa shape index (κ1) is 20.9. The van der Waals surface area contributed by atoms with Gasteiger partial charge in [0.2, 0.25) is 0 Å². The minimum absolute atomic E-state index is 0.00525. The van der Waals surface area contributed by atoms with Crippen LogP contribution in [0.1, 0.15) is 35.0 Å². The van der Waals surface area contributed by atoms with Gasteiger partial charge in [-0.1, -0.05) is 48.2 Å². The van der Waals surface area contributed by atoms with Crippen LogP contribution in [-0.2, 0) is 9.53 Å². The van der Waals surface area contributed by atoms with Gasteiger partial charge < -0.3 is 10.1 Å². The normalized spacial score (nSPS) is 16.2. The number of esters is 1. The summed E-state index contributed by atoms with van der Waals surface area (Å²) < 4.78 is 5.25. The lowest BCUT2D eigenvalue weighted by Crippen LogP contribution is -2.29. The molecule has 148 valence electrons. The summed E-state index contributed by atoms with van der Waals surface area (Å²) in [6.07, 6.45) is 0. The van der Waals surface area contributed by atoms with Crippen LogP contribution in [0.25, 0.3) is 0 Å². The number of rotatable bonds is 7. The summed E-state index contributed by atoms with van der Waals surface area (Å²) in [5.74, 6) is -0.776. The van der Waals surface area contributed by atoms with Crippen molar-refractivity contribution < 1.29 is 14.3 Å². The molecule has 0 unspecified atom stereocenters. The fourth-order valence-electron chi connectivity index (χ4n) is 3.13. The van der Waals surface area contributed by atoms with E-state index in [1.165, 1.54) is 23.1 Å². The van der Waals surface area contributed by atoms with E-state index in [9.17, 15) is 14.9 Å². The van der Waals surface area contributed by atoms with Crippen LogP contribution in [0.4, 0.5) is 0 Å². The van der Waals surface area contributed by atoms with Gasteiger partial charge in [-0.05, 0) is 30.9 Å². The third kappa shape index (κ3) is 4.61. The fraction of sp³-hybridized carbons (Fsp3) is 0.227. The number of thiophene rings is 1. The van der Waals surface area contributed by atoms with Crippen LogP contribution in [0.15, 0.2) is 69.7 Å². The van der Waals surface area contributed by atoms with Gasteiger partial charge in [0.25, 0.3) is 0 Å². The average molecular weight is 425 g/mol. The summed E-state index contributed by atoms with van der Waals surface area (Å²) >= 11 is 2.68. The standard InChI is InChI=1S/C22H20N2O3S2/c1-3-27-22(26)19-14(2)24-21(29-13-17(25)18-10-7-11-28-18)16(12-23)20(19)15-8-5-4-6-9-15/h4-11,20,24H,3,13H2,1-2H3/t20-/m0/s1. The van der Waals surface area contributed by atoms with Crippen molar-refractivity contribution in [1.82, 2.24) is 5.32 Å². The van der Waals surface area contributed by atoms with E-state index in [4.69, 9.17) is 4.74 Å². The Labute approximate surface area is 178 Å². The quantitative estimate of drug-likeness (QED) is 0.516. The molecule has 2 heterocycles. The van der Waals surface area contributed by atoms with Crippen LogP contribution in [0.5, 0.6) is 0 Å². The topological polar surface area (TPSA) is 79.2 Å². The second kappa shape index (κ2) is 9.59. The molecule has 0 amide bonds. The van der Waals surface area contributed by atoms with Crippen molar-refractivity contribution in [3.05, 3.63) is 80.2 Å². The zero-order valence-electron chi connectivity index (χ0n) is 16.1. The van der Waals surface area contributed by atoms with E-state index in [1.807, 2.05) is 41.8 Å². The molecule has 1 N–H and O–H groups in total. The number of thioether (sulfide) groups is 1. The van der Waals surface area contributed by atoms with E-state index in [0.29, 0.717) is 26.7 Å². The molecule has 5 nitrogen and oxygen atoms in total. The molecule has 1 aromatic heterocycles. The summed E-state index contributed by atoms with van der Waals surface area (Å²) in [6.45, 7) is 3.79. The van der Waals surface area contributed by atoms with Gasteiger partial charge in [-0.2, -0.15) is 5.26 Å². The van der Waals surface area contributed by atoms with Crippen molar-refractivity contribution in [3.8, 4) is 6.07 Å². The summed E-state index contributed by atoms with van der Waals surface area (Å²) in [5, 5.41) is 15.6. The van der Waals surface area contributed by atoms with Gasteiger partial charge in [-0.15, -0.1) is 11.3 Å². The van der Waals surface area contributed by atoms with Crippen molar-refractivity contribution in [2.45, 2.75) is 19.8 Å². The number of ether oxygens (including phenoxy) is 1. The molecule has 0 radical (unpaired) electrons.